The highest BCUT2D eigenvalue weighted by atomic mass is 14.9. The summed E-state index contributed by atoms with van der Waals surface area (Å²) in [6.45, 7) is 5.07. The molecule has 2 aromatic carbocycles. The van der Waals surface area contributed by atoms with E-state index in [0.29, 0.717) is 5.92 Å². The number of hydrogen-bond donors (Lipinski definition) is 4. The van der Waals surface area contributed by atoms with Crippen molar-refractivity contribution in [2.45, 2.75) is 33.1 Å². The lowest BCUT2D eigenvalue weighted by Gasteiger charge is -2.18. The van der Waals surface area contributed by atoms with Crippen LogP contribution in [0, 0.1) is 18.3 Å². The summed E-state index contributed by atoms with van der Waals surface area (Å²) in [5.41, 5.74) is 14.2. The van der Waals surface area contributed by atoms with E-state index in [1.807, 2.05) is 14.0 Å². The second kappa shape index (κ2) is 7.18. The van der Waals surface area contributed by atoms with Gasteiger partial charge in [-0.1, -0.05) is 25.1 Å². The van der Waals surface area contributed by atoms with Crippen molar-refractivity contribution < 1.29 is 0 Å². The molecule has 0 amide bonds. The highest BCUT2D eigenvalue weighted by molar-refractivity contribution is 6.07. The maximum absolute atomic E-state index is 8.51. The molecule has 0 heterocycles. The van der Waals surface area contributed by atoms with Crippen LogP contribution < -0.4 is 16.4 Å². The predicted molar refractivity (Wildman–Crippen MR) is 109 cm³/mol. The summed E-state index contributed by atoms with van der Waals surface area (Å²) in [4.78, 5) is 0. The zero-order valence-electron chi connectivity index (χ0n) is 15.4. The highest BCUT2D eigenvalue weighted by Gasteiger charge is 2.28. The van der Waals surface area contributed by atoms with Crippen molar-refractivity contribution in [3.05, 3.63) is 41.5 Å². The van der Waals surface area contributed by atoms with E-state index in [4.69, 9.17) is 11.1 Å². The molecule has 0 atom stereocenters. The second-order valence-corrected chi connectivity index (χ2v) is 6.84. The van der Waals surface area contributed by atoms with Crippen molar-refractivity contribution in [1.82, 2.24) is 0 Å². The number of nitrogen functional groups attached to an aromatic ring is 1. The average molecular weight is 336 g/mol. The quantitative estimate of drug-likeness (QED) is 0.430. The van der Waals surface area contributed by atoms with Gasteiger partial charge in [-0.05, 0) is 49.4 Å². The van der Waals surface area contributed by atoms with Gasteiger partial charge in [-0.25, -0.2) is 0 Å². The van der Waals surface area contributed by atoms with Crippen molar-refractivity contribution in [2.75, 3.05) is 30.0 Å². The van der Waals surface area contributed by atoms with Crippen molar-refractivity contribution in [1.29, 1.82) is 5.41 Å². The SMILES string of the molecule is CCCNc1c(-c2ccc(NC)c(C(=N)C3CC3)c2)ccc(C)c1N. The smallest absolute Gasteiger partial charge is 0.0656 e. The number of nitrogens with one attached hydrogen (secondary N) is 3. The first-order chi connectivity index (χ1) is 12.1. The van der Waals surface area contributed by atoms with Gasteiger partial charge in [-0.2, -0.15) is 0 Å². The lowest BCUT2D eigenvalue weighted by atomic mass is 9.95. The Kier molecular flexibility index (Phi) is 4.98. The summed E-state index contributed by atoms with van der Waals surface area (Å²) >= 11 is 0. The van der Waals surface area contributed by atoms with Crippen LogP contribution in [-0.4, -0.2) is 19.3 Å². The number of anilines is 3. The molecule has 4 heteroatoms. The van der Waals surface area contributed by atoms with Gasteiger partial charge in [-0.15, -0.1) is 0 Å². The summed E-state index contributed by atoms with van der Waals surface area (Å²) in [6.07, 6.45) is 3.31. The third-order valence-electron chi connectivity index (χ3n) is 4.89. The third-order valence-corrected chi connectivity index (χ3v) is 4.89. The van der Waals surface area contributed by atoms with Crippen LogP contribution in [0.5, 0.6) is 0 Å². The molecule has 0 aliphatic heterocycles. The van der Waals surface area contributed by atoms with Crippen molar-refractivity contribution in [3.63, 3.8) is 0 Å². The first-order valence-corrected chi connectivity index (χ1v) is 9.10. The van der Waals surface area contributed by atoms with Crippen LogP contribution in [0.25, 0.3) is 11.1 Å². The van der Waals surface area contributed by atoms with E-state index < -0.39 is 0 Å². The van der Waals surface area contributed by atoms with Gasteiger partial charge in [0, 0.05) is 42.0 Å². The van der Waals surface area contributed by atoms with Gasteiger partial charge >= 0.3 is 0 Å². The van der Waals surface area contributed by atoms with Crippen LogP contribution in [-0.2, 0) is 0 Å². The normalized spacial score (nSPS) is 13.6. The molecular formula is C21H28N4. The molecule has 1 fully saturated rings. The maximum atomic E-state index is 8.51. The molecule has 0 saturated heterocycles. The van der Waals surface area contributed by atoms with Crippen molar-refractivity contribution in [2.24, 2.45) is 5.92 Å². The van der Waals surface area contributed by atoms with E-state index in [2.05, 4.69) is 47.9 Å². The van der Waals surface area contributed by atoms with Gasteiger partial charge in [0.05, 0.1) is 11.4 Å². The van der Waals surface area contributed by atoms with E-state index >= 15 is 0 Å². The first-order valence-electron chi connectivity index (χ1n) is 9.10. The Morgan fingerprint density at radius 3 is 2.64 bits per heavy atom. The summed E-state index contributed by atoms with van der Waals surface area (Å²) in [7, 11) is 1.91. The maximum Gasteiger partial charge on any atom is 0.0656 e. The molecule has 0 radical (unpaired) electrons. The van der Waals surface area contributed by atoms with Crippen LogP contribution in [0.15, 0.2) is 30.3 Å². The number of rotatable bonds is 7. The minimum atomic E-state index is 0.420. The van der Waals surface area contributed by atoms with Crippen LogP contribution in [0.3, 0.4) is 0 Å². The fraction of sp³-hybridized carbons (Fsp3) is 0.381. The van der Waals surface area contributed by atoms with E-state index in [1.54, 1.807) is 0 Å². The highest BCUT2D eigenvalue weighted by Crippen LogP contribution is 2.39. The molecule has 2 aromatic rings. The van der Waals surface area contributed by atoms with Gasteiger partial charge in [-0.3, -0.25) is 0 Å². The van der Waals surface area contributed by atoms with E-state index in [-0.39, 0.29) is 0 Å². The number of hydrogen-bond acceptors (Lipinski definition) is 4. The van der Waals surface area contributed by atoms with Gasteiger partial charge in [0.2, 0.25) is 0 Å². The molecule has 1 aliphatic carbocycles. The molecule has 0 unspecified atom stereocenters. The second-order valence-electron chi connectivity index (χ2n) is 6.84. The average Bonchev–Trinajstić information content (AvgIpc) is 3.47. The Bertz CT molecular complexity index is 791. The van der Waals surface area contributed by atoms with Gasteiger partial charge in [0.15, 0.2) is 0 Å². The Morgan fingerprint density at radius 2 is 2.00 bits per heavy atom. The van der Waals surface area contributed by atoms with Crippen LogP contribution in [0.2, 0.25) is 0 Å². The van der Waals surface area contributed by atoms with Crippen LogP contribution in [0.1, 0.15) is 37.3 Å². The zero-order chi connectivity index (χ0) is 18.0. The fourth-order valence-electron chi connectivity index (χ4n) is 3.15. The minimum Gasteiger partial charge on any atom is -0.397 e. The molecule has 1 aliphatic rings. The third kappa shape index (κ3) is 3.48. The lowest BCUT2D eigenvalue weighted by molar-refractivity contribution is 0.980. The summed E-state index contributed by atoms with van der Waals surface area (Å²) in [6, 6.07) is 10.5. The minimum absolute atomic E-state index is 0.420. The monoisotopic (exact) mass is 336 g/mol. The Labute approximate surface area is 150 Å². The molecule has 25 heavy (non-hydrogen) atoms. The fourth-order valence-corrected chi connectivity index (χ4v) is 3.15. The van der Waals surface area contributed by atoms with Crippen LogP contribution in [0.4, 0.5) is 17.1 Å². The molecule has 0 spiro atoms. The molecule has 0 aromatic heterocycles. The topological polar surface area (TPSA) is 73.9 Å². The van der Waals surface area contributed by atoms with E-state index in [9.17, 15) is 0 Å². The Hall–Kier alpha value is -2.49. The molecule has 1 saturated carbocycles. The Morgan fingerprint density at radius 1 is 1.24 bits per heavy atom. The predicted octanol–water partition coefficient (Wildman–Crippen LogP) is 4.89. The molecule has 5 N–H and O–H groups in total. The van der Waals surface area contributed by atoms with E-state index in [0.717, 1.165) is 70.8 Å². The number of aryl methyl sites for hydroxylation is 1. The summed E-state index contributed by atoms with van der Waals surface area (Å²) in [5.74, 6) is 0.420. The molecule has 0 bridgehead atoms. The Balaban J connectivity index is 2.08. The van der Waals surface area contributed by atoms with Crippen molar-refractivity contribution in [3.8, 4) is 11.1 Å². The number of benzene rings is 2. The van der Waals surface area contributed by atoms with Gasteiger partial charge < -0.3 is 21.8 Å². The molecular weight excluding hydrogens is 308 g/mol. The standard InChI is InChI=1S/C21H28N4/c1-4-11-25-21-16(9-5-13(2)19(21)22)15-8-10-18(24-3)17(12-15)20(23)14-6-7-14/h5,8-10,12,14,23-25H,4,6-7,11,22H2,1-3H3. The molecule has 3 rings (SSSR count). The summed E-state index contributed by atoms with van der Waals surface area (Å²) in [5, 5.41) is 15.2. The molecule has 4 nitrogen and oxygen atoms in total. The first kappa shape index (κ1) is 17.3. The largest absolute Gasteiger partial charge is 0.397 e. The zero-order valence-corrected chi connectivity index (χ0v) is 15.4. The molecule has 132 valence electrons. The van der Waals surface area contributed by atoms with E-state index in [1.165, 1.54) is 0 Å². The van der Waals surface area contributed by atoms with Gasteiger partial charge in [0.25, 0.3) is 0 Å². The summed E-state index contributed by atoms with van der Waals surface area (Å²) < 4.78 is 0. The van der Waals surface area contributed by atoms with Gasteiger partial charge in [0.1, 0.15) is 0 Å². The number of nitrogens with two attached hydrogens (primary N) is 1. The lowest BCUT2D eigenvalue weighted by Crippen LogP contribution is -2.08. The van der Waals surface area contributed by atoms with Crippen molar-refractivity contribution >= 4 is 22.8 Å². The van der Waals surface area contributed by atoms with Crippen LogP contribution >= 0.6 is 0 Å².